The molecule has 98 valence electrons. The summed E-state index contributed by atoms with van der Waals surface area (Å²) in [5.74, 6) is 0.323. The Labute approximate surface area is 113 Å². The molecule has 2 nitrogen and oxygen atoms in total. The zero-order valence-corrected chi connectivity index (χ0v) is 10.9. The SMILES string of the molecule is O=C1CCC(CO)(c2cccc3ccccc23)CC1. The van der Waals surface area contributed by atoms with Crippen LogP contribution in [0, 0.1) is 0 Å². The molecule has 1 fully saturated rings. The van der Waals surface area contributed by atoms with Gasteiger partial charge in [0.1, 0.15) is 5.78 Å². The van der Waals surface area contributed by atoms with Crippen molar-refractivity contribution in [3.63, 3.8) is 0 Å². The van der Waals surface area contributed by atoms with Crippen LogP contribution in [0.1, 0.15) is 31.2 Å². The zero-order valence-electron chi connectivity index (χ0n) is 10.9. The second-order valence-electron chi connectivity index (χ2n) is 5.50. The molecule has 1 aliphatic carbocycles. The van der Waals surface area contributed by atoms with Gasteiger partial charge in [-0.3, -0.25) is 4.79 Å². The van der Waals surface area contributed by atoms with Crippen LogP contribution in [0.5, 0.6) is 0 Å². The van der Waals surface area contributed by atoms with Gasteiger partial charge in [-0.1, -0.05) is 42.5 Å². The van der Waals surface area contributed by atoms with Crippen molar-refractivity contribution in [2.24, 2.45) is 0 Å². The number of ketones is 1. The van der Waals surface area contributed by atoms with Crippen molar-refractivity contribution in [2.75, 3.05) is 6.61 Å². The summed E-state index contributed by atoms with van der Waals surface area (Å²) < 4.78 is 0. The first kappa shape index (κ1) is 12.4. The van der Waals surface area contributed by atoms with Crippen molar-refractivity contribution >= 4 is 16.6 Å². The number of hydrogen-bond acceptors (Lipinski definition) is 2. The van der Waals surface area contributed by atoms with E-state index in [1.807, 2.05) is 18.2 Å². The van der Waals surface area contributed by atoms with Gasteiger partial charge in [0, 0.05) is 18.3 Å². The van der Waals surface area contributed by atoms with Gasteiger partial charge >= 0.3 is 0 Å². The second-order valence-corrected chi connectivity index (χ2v) is 5.50. The maximum Gasteiger partial charge on any atom is 0.132 e. The van der Waals surface area contributed by atoms with Crippen LogP contribution in [0.2, 0.25) is 0 Å². The maximum absolute atomic E-state index is 11.5. The van der Waals surface area contributed by atoms with E-state index in [4.69, 9.17) is 0 Å². The number of hydrogen-bond donors (Lipinski definition) is 1. The molecule has 3 rings (SSSR count). The van der Waals surface area contributed by atoms with Crippen molar-refractivity contribution in [1.29, 1.82) is 0 Å². The molecular weight excluding hydrogens is 236 g/mol. The van der Waals surface area contributed by atoms with Crippen LogP contribution >= 0.6 is 0 Å². The third kappa shape index (κ3) is 2.06. The predicted molar refractivity (Wildman–Crippen MR) is 76.2 cm³/mol. The molecule has 0 bridgehead atoms. The number of benzene rings is 2. The minimum atomic E-state index is -0.241. The molecule has 0 spiro atoms. The minimum Gasteiger partial charge on any atom is -0.395 e. The fraction of sp³-hybridized carbons (Fsp3) is 0.353. The largest absolute Gasteiger partial charge is 0.395 e. The third-order valence-electron chi connectivity index (χ3n) is 4.43. The van der Waals surface area contributed by atoms with Crippen molar-refractivity contribution < 1.29 is 9.90 Å². The molecule has 19 heavy (non-hydrogen) atoms. The summed E-state index contributed by atoms with van der Waals surface area (Å²) in [4.78, 5) is 11.5. The Hall–Kier alpha value is -1.67. The van der Waals surface area contributed by atoms with E-state index < -0.39 is 0 Å². The molecule has 1 N–H and O–H groups in total. The average Bonchev–Trinajstić information content (AvgIpc) is 2.48. The van der Waals surface area contributed by atoms with E-state index in [0.29, 0.717) is 18.6 Å². The standard InChI is InChI=1S/C17H18O2/c18-12-17(10-8-14(19)9-11-17)16-7-3-5-13-4-1-2-6-15(13)16/h1-7,18H,8-12H2. The first-order chi connectivity index (χ1) is 9.25. The van der Waals surface area contributed by atoms with Gasteiger partial charge in [-0.2, -0.15) is 0 Å². The summed E-state index contributed by atoms with van der Waals surface area (Å²) in [6.07, 6.45) is 2.69. The van der Waals surface area contributed by atoms with Crippen molar-refractivity contribution in [3.8, 4) is 0 Å². The summed E-state index contributed by atoms with van der Waals surface area (Å²) >= 11 is 0. The Balaban J connectivity index is 2.14. The van der Waals surface area contributed by atoms with Crippen LogP contribution in [0.3, 0.4) is 0 Å². The van der Waals surface area contributed by atoms with Gasteiger partial charge in [0.15, 0.2) is 0 Å². The lowest BCUT2D eigenvalue weighted by Crippen LogP contribution is -2.35. The van der Waals surface area contributed by atoms with E-state index in [0.717, 1.165) is 12.8 Å². The molecule has 1 saturated carbocycles. The van der Waals surface area contributed by atoms with Gasteiger partial charge in [0.05, 0.1) is 6.61 Å². The number of carbonyl (C=O) groups excluding carboxylic acids is 1. The first-order valence-electron chi connectivity index (χ1n) is 6.86. The highest BCUT2D eigenvalue weighted by molar-refractivity contribution is 5.87. The van der Waals surface area contributed by atoms with Crippen LogP contribution in [0.25, 0.3) is 10.8 Å². The normalized spacial score (nSPS) is 18.7. The molecule has 2 aromatic carbocycles. The number of rotatable bonds is 2. The highest BCUT2D eigenvalue weighted by atomic mass is 16.3. The van der Waals surface area contributed by atoms with Gasteiger partial charge in [0.2, 0.25) is 0 Å². The highest BCUT2D eigenvalue weighted by Gasteiger charge is 2.36. The van der Waals surface area contributed by atoms with Gasteiger partial charge in [0.25, 0.3) is 0 Å². The number of aliphatic hydroxyl groups is 1. The fourth-order valence-electron chi connectivity index (χ4n) is 3.21. The van der Waals surface area contributed by atoms with Gasteiger partial charge in [-0.05, 0) is 29.2 Å². The van der Waals surface area contributed by atoms with Crippen LogP contribution in [0.4, 0.5) is 0 Å². The Kier molecular flexibility index (Phi) is 3.11. The molecule has 0 saturated heterocycles. The lowest BCUT2D eigenvalue weighted by Gasteiger charge is -2.36. The fourth-order valence-corrected chi connectivity index (χ4v) is 3.21. The van der Waals surface area contributed by atoms with Gasteiger partial charge in [-0.25, -0.2) is 0 Å². The molecule has 0 aromatic heterocycles. The molecule has 0 atom stereocenters. The van der Waals surface area contributed by atoms with Crippen molar-refractivity contribution in [3.05, 3.63) is 48.0 Å². The molecule has 0 heterocycles. The first-order valence-corrected chi connectivity index (χ1v) is 6.86. The van der Waals surface area contributed by atoms with E-state index in [1.165, 1.54) is 16.3 Å². The number of aliphatic hydroxyl groups excluding tert-OH is 1. The monoisotopic (exact) mass is 254 g/mol. The molecule has 2 aromatic rings. The van der Waals surface area contributed by atoms with Crippen molar-refractivity contribution in [1.82, 2.24) is 0 Å². The molecular formula is C17H18O2. The Bertz CT molecular complexity index is 600. The molecule has 0 amide bonds. The minimum absolute atomic E-state index is 0.119. The Morgan fingerprint density at radius 1 is 1.00 bits per heavy atom. The number of carbonyl (C=O) groups is 1. The lowest BCUT2D eigenvalue weighted by atomic mass is 9.68. The number of fused-ring (bicyclic) bond motifs is 1. The van der Waals surface area contributed by atoms with E-state index >= 15 is 0 Å². The summed E-state index contributed by atoms with van der Waals surface area (Å²) in [6.45, 7) is 0.119. The van der Waals surface area contributed by atoms with Gasteiger partial charge in [-0.15, -0.1) is 0 Å². The van der Waals surface area contributed by atoms with Gasteiger partial charge < -0.3 is 5.11 Å². The van der Waals surface area contributed by atoms with E-state index in [1.54, 1.807) is 0 Å². The molecule has 0 unspecified atom stereocenters. The van der Waals surface area contributed by atoms with Crippen LogP contribution in [0.15, 0.2) is 42.5 Å². The molecule has 0 aliphatic heterocycles. The van der Waals surface area contributed by atoms with Crippen LogP contribution in [-0.4, -0.2) is 17.5 Å². The quantitative estimate of drug-likeness (QED) is 0.893. The summed E-state index contributed by atoms with van der Waals surface area (Å²) in [5.41, 5.74) is 0.954. The third-order valence-corrected chi connectivity index (χ3v) is 4.43. The average molecular weight is 254 g/mol. The van der Waals surface area contributed by atoms with E-state index in [-0.39, 0.29) is 12.0 Å². The van der Waals surface area contributed by atoms with Crippen LogP contribution < -0.4 is 0 Å². The Morgan fingerprint density at radius 3 is 2.42 bits per heavy atom. The smallest absolute Gasteiger partial charge is 0.132 e. The predicted octanol–water partition coefficient (Wildman–Crippen LogP) is 3.21. The van der Waals surface area contributed by atoms with Crippen molar-refractivity contribution in [2.45, 2.75) is 31.1 Å². The van der Waals surface area contributed by atoms with Crippen LogP contribution in [-0.2, 0) is 10.2 Å². The molecule has 2 heteroatoms. The lowest BCUT2D eigenvalue weighted by molar-refractivity contribution is -0.121. The maximum atomic E-state index is 11.5. The molecule has 0 radical (unpaired) electrons. The summed E-state index contributed by atoms with van der Waals surface area (Å²) in [5, 5.41) is 12.3. The van der Waals surface area contributed by atoms with E-state index in [9.17, 15) is 9.90 Å². The second kappa shape index (κ2) is 4.78. The molecule has 1 aliphatic rings. The highest BCUT2D eigenvalue weighted by Crippen LogP contribution is 2.40. The Morgan fingerprint density at radius 2 is 1.68 bits per heavy atom. The summed E-state index contributed by atoms with van der Waals surface area (Å²) in [7, 11) is 0. The number of Topliss-reactive ketones (excluding diaryl/α,β-unsaturated/α-hetero) is 1. The topological polar surface area (TPSA) is 37.3 Å². The zero-order chi connectivity index (χ0) is 13.3. The summed E-state index contributed by atoms with van der Waals surface area (Å²) in [6, 6.07) is 14.5. The van der Waals surface area contributed by atoms with E-state index in [2.05, 4.69) is 24.3 Å².